The van der Waals surface area contributed by atoms with E-state index in [2.05, 4.69) is 4.98 Å². The Kier molecular flexibility index (Phi) is 4.23. The molecule has 0 N–H and O–H groups in total. The fourth-order valence-electron chi connectivity index (χ4n) is 2.22. The van der Waals surface area contributed by atoms with Gasteiger partial charge in [-0.1, -0.05) is 30.3 Å². The summed E-state index contributed by atoms with van der Waals surface area (Å²) in [5.74, 6) is 0.0989. The molecule has 1 aromatic carbocycles. The van der Waals surface area contributed by atoms with E-state index in [1.54, 1.807) is 12.5 Å². The summed E-state index contributed by atoms with van der Waals surface area (Å²) in [6.07, 6.45) is 5.21. The maximum absolute atomic E-state index is 12.8. The fraction of sp³-hybridized carbons (Fsp3) is 0.375. The van der Waals surface area contributed by atoms with E-state index in [1.165, 1.54) is 0 Å². The van der Waals surface area contributed by atoms with Gasteiger partial charge in [-0.3, -0.25) is 4.79 Å². The lowest BCUT2D eigenvalue weighted by Gasteiger charge is -2.32. The standard InChI is InChI=1S/C16H21N3O/c1-4-18(12-14-8-6-5-7-9-14)15(20)16(2,3)19-11-10-17-13-19/h5-11,13H,4,12H2,1-3H3. The van der Waals surface area contributed by atoms with Crippen LogP contribution in [0.5, 0.6) is 0 Å². The first kappa shape index (κ1) is 14.3. The summed E-state index contributed by atoms with van der Waals surface area (Å²) < 4.78 is 1.85. The van der Waals surface area contributed by atoms with E-state index < -0.39 is 5.54 Å². The second-order valence-electron chi connectivity index (χ2n) is 5.33. The van der Waals surface area contributed by atoms with Crippen LogP contribution in [0.1, 0.15) is 26.3 Å². The summed E-state index contributed by atoms with van der Waals surface area (Å²) in [6.45, 7) is 7.17. The highest BCUT2D eigenvalue weighted by molar-refractivity contribution is 5.83. The van der Waals surface area contributed by atoms with Crippen LogP contribution in [0.3, 0.4) is 0 Å². The van der Waals surface area contributed by atoms with Crippen molar-refractivity contribution in [1.82, 2.24) is 14.5 Å². The van der Waals surface area contributed by atoms with E-state index in [0.29, 0.717) is 13.1 Å². The van der Waals surface area contributed by atoms with Gasteiger partial charge in [0, 0.05) is 25.5 Å². The summed E-state index contributed by atoms with van der Waals surface area (Å²) in [5.41, 5.74) is 0.519. The third-order valence-corrected chi connectivity index (χ3v) is 3.56. The predicted molar refractivity (Wildman–Crippen MR) is 79.1 cm³/mol. The Morgan fingerprint density at radius 2 is 2.00 bits per heavy atom. The monoisotopic (exact) mass is 271 g/mol. The lowest BCUT2D eigenvalue weighted by atomic mass is 10.0. The summed E-state index contributed by atoms with van der Waals surface area (Å²) in [7, 11) is 0. The van der Waals surface area contributed by atoms with Crippen molar-refractivity contribution in [1.29, 1.82) is 0 Å². The number of imidazole rings is 1. The molecule has 2 rings (SSSR count). The van der Waals surface area contributed by atoms with Crippen LogP contribution in [0.2, 0.25) is 0 Å². The first-order chi connectivity index (χ1) is 9.55. The topological polar surface area (TPSA) is 38.1 Å². The van der Waals surface area contributed by atoms with Gasteiger partial charge in [-0.15, -0.1) is 0 Å². The number of likely N-dealkylation sites (N-methyl/N-ethyl adjacent to an activating group) is 1. The average Bonchev–Trinajstić information content (AvgIpc) is 3.00. The molecule has 0 aliphatic heterocycles. The third-order valence-electron chi connectivity index (χ3n) is 3.56. The van der Waals surface area contributed by atoms with Crippen molar-refractivity contribution in [3.63, 3.8) is 0 Å². The van der Waals surface area contributed by atoms with E-state index in [9.17, 15) is 4.79 Å². The van der Waals surface area contributed by atoms with Crippen molar-refractivity contribution < 1.29 is 4.79 Å². The molecule has 0 fully saturated rings. The van der Waals surface area contributed by atoms with Crippen molar-refractivity contribution in [2.24, 2.45) is 0 Å². The Morgan fingerprint density at radius 1 is 1.30 bits per heavy atom. The smallest absolute Gasteiger partial charge is 0.248 e. The molecule has 4 nitrogen and oxygen atoms in total. The van der Waals surface area contributed by atoms with Crippen LogP contribution in [0.25, 0.3) is 0 Å². The van der Waals surface area contributed by atoms with Gasteiger partial charge >= 0.3 is 0 Å². The van der Waals surface area contributed by atoms with Gasteiger partial charge in [-0.25, -0.2) is 4.98 Å². The molecule has 0 saturated heterocycles. The number of carbonyl (C=O) groups excluding carboxylic acids is 1. The Hall–Kier alpha value is -2.10. The van der Waals surface area contributed by atoms with Crippen molar-refractivity contribution >= 4 is 5.91 Å². The lowest BCUT2D eigenvalue weighted by Crippen LogP contribution is -2.46. The Morgan fingerprint density at radius 3 is 2.55 bits per heavy atom. The highest BCUT2D eigenvalue weighted by Gasteiger charge is 2.32. The minimum atomic E-state index is -0.624. The number of aromatic nitrogens is 2. The third kappa shape index (κ3) is 2.90. The number of carbonyl (C=O) groups is 1. The molecule has 4 heteroatoms. The largest absolute Gasteiger partial charge is 0.337 e. The Bertz CT molecular complexity index is 546. The van der Waals surface area contributed by atoms with E-state index in [1.807, 2.05) is 66.8 Å². The molecule has 1 aromatic heterocycles. The minimum Gasteiger partial charge on any atom is -0.337 e. The van der Waals surface area contributed by atoms with Crippen molar-refractivity contribution in [2.45, 2.75) is 32.9 Å². The molecule has 0 saturated carbocycles. The molecule has 0 bridgehead atoms. The molecule has 0 radical (unpaired) electrons. The first-order valence-corrected chi connectivity index (χ1v) is 6.87. The van der Waals surface area contributed by atoms with Gasteiger partial charge in [0.1, 0.15) is 5.54 Å². The van der Waals surface area contributed by atoms with Crippen LogP contribution >= 0.6 is 0 Å². The number of hydrogen-bond acceptors (Lipinski definition) is 2. The van der Waals surface area contributed by atoms with Crippen molar-refractivity contribution in [3.05, 3.63) is 54.6 Å². The van der Waals surface area contributed by atoms with Crippen LogP contribution in [0.4, 0.5) is 0 Å². The number of hydrogen-bond donors (Lipinski definition) is 0. The maximum Gasteiger partial charge on any atom is 0.248 e. The zero-order valence-electron chi connectivity index (χ0n) is 12.3. The van der Waals surface area contributed by atoms with Crippen LogP contribution in [-0.4, -0.2) is 26.9 Å². The second kappa shape index (κ2) is 5.90. The van der Waals surface area contributed by atoms with E-state index in [-0.39, 0.29) is 5.91 Å². The summed E-state index contributed by atoms with van der Waals surface area (Å²) in [4.78, 5) is 18.7. The average molecular weight is 271 g/mol. The molecule has 1 heterocycles. The van der Waals surface area contributed by atoms with Crippen LogP contribution < -0.4 is 0 Å². The Balaban J connectivity index is 2.17. The van der Waals surface area contributed by atoms with Gasteiger partial charge in [0.2, 0.25) is 5.91 Å². The summed E-state index contributed by atoms with van der Waals surface area (Å²) in [5, 5.41) is 0. The molecule has 20 heavy (non-hydrogen) atoms. The molecule has 106 valence electrons. The molecule has 0 aliphatic rings. The number of nitrogens with zero attached hydrogens (tertiary/aromatic N) is 3. The molecule has 1 amide bonds. The minimum absolute atomic E-state index is 0.0989. The van der Waals surface area contributed by atoms with Crippen LogP contribution in [0.15, 0.2) is 49.1 Å². The lowest BCUT2D eigenvalue weighted by molar-refractivity contribution is -0.139. The molecule has 0 atom stereocenters. The number of amides is 1. The molecule has 2 aromatic rings. The summed E-state index contributed by atoms with van der Waals surface area (Å²) >= 11 is 0. The highest BCUT2D eigenvalue weighted by atomic mass is 16.2. The molecular formula is C16H21N3O. The molecule has 0 unspecified atom stereocenters. The van der Waals surface area contributed by atoms with Gasteiger partial charge in [0.05, 0.1) is 6.33 Å². The van der Waals surface area contributed by atoms with Gasteiger partial charge in [0.15, 0.2) is 0 Å². The zero-order chi connectivity index (χ0) is 14.6. The fourth-order valence-corrected chi connectivity index (χ4v) is 2.22. The van der Waals surface area contributed by atoms with Crippen LogP contribution in [-0.2, 0) is 16.9 Å². The van der Waals surface area contributed by atoms with Gasteiger partial charge in [0.25, 0.3) is 0 Å². The zero-order valence-corrected chi connectivity index (χ0v) is 12.3. The Labute approximate surface area is 120 Å². The first-order valence-electron chi connectivity index (χ1n) is 6.87. The van der Waals surface area contributed by atoms with Gasteiger partial charge < -0.3 is 9.47 Å². The van der Waals surface area contributed by atoms with Crippen molar-refractivity contribution in [3.8, 4) is 0 Å². The molecule has 0 aliphatic carbocycles. The number of benzene rings is 1. The number of rotatable bonds is 5. The van der Waals surface area contributed by atoms with E-state index >= 15 is 0 Å². The molecule has 0 spiro atoms. The van der Waals surface area contributed by atoms with E-state index in [0.717, 1.165) is 5.56 Å². The van der Waals surface area contributed by atoms with E-state index in [4.69, 9.17) is 0 Å². The maximum atomic E-state index is 12.8. The quantitative estimate of drug-likeness (QED) is 0.838. The predicted octanol–water partition coefficient (Wildman–Crippen LogP) is 2.67. The SMILES string of the molecule is CCN(Cc1ccccc1)C(=O)C(C)(C)n1ccnc1. The van der Waals surface area contributed by atoms with Gasteiger partial charge in [-0.2, -0.15) is 0 Å². The molecular weight excluding hydrogens is 250 g/mol. The van der Waals surface area contributed by atoms with Gasteiger partial charge in [-0.05, 0) is 26.3 Å². The highest BCUT2D eigenvalue weighted by Crippen LogP contribution is 2.19. The van der Waals surface area contributed by atoms with Crippen molar-refractivity contribution in [2.75, 3.05) is 6.54 Å². The second-order valence-corrected chi connectivity index (χ2v) is 5.33. The normalized spacial score (nSPS) is 11.3. The van der Waals surface area contributed by atoms with Crippen LogP contribution in [0, 0.1) is 0 Å². The summed E-state index contributed by atoms with van der Waals surface area (Å²) in [6, 6.07) is 10.1.